The molecule has 0 fully saturated rings. The van der Waals surface area contributed by atoms with E-state index < -0.39 is 17.9 Å². The number of amides is 1. The van der Waals surface area contributed by atoms with Crippen LogP contribution in [0.15, 0.2) is 30.3 Å². The maximum atomic E-state index is 11.4. The smallest absolute Gasteiger partial charge is 0.330 e. The van der Waals surface area contributed by atoms with Gasteiger partial charge in [-0.05, 0) is 12.5 Å². The minimum absolute atomic E-state index is 0.132. The number of carbonyl (C=O) groups is 2. The van der Waals surface area contributed by atoms with E-state index in [1.54, 1.807) is 37.3 Å². The lowest BCUT2D eigenvalue weighted by Crippen LogP contribution is -2.36. The zero-order chi connectivity index (χ0) is 12.7. The average molecular weight is 237 g/mol. The summed E-state index contributed by atoms with van der Waals surface area (Å²) >= 11 is 0. The summed E-state index contributed by atoms with van der Waals surface area (Å²) < 4.78 is 4.91. The summed E-state index contributed by atoms with van der Waals surface area (Å²) in [4.78, 5) is 22.4. The lowest BCUT2D eigenvalue weighted by atomic mass is 10.1. The molecule has 5 nitrogen and oxygen atoms in total. The minimum Gasteiger partial charge on any atom is -0.479 e. The van der Waals surface area contributed by atoms with E-state index in [1.807, 2.05) is 0 Å². The van der Waals surface area contributed by atoms with Crippen LogP contribution in [0.4, 0.5) is 0 Å². The first-order valence-electron chi connectivity index (χ1n) is 5.30. The molecular weight excluding hydrogens is 222 g/mol. The molecule has 0 radical (unpaired) electrons. The molecule has 1 aromatic rings. The Kier molecular flexibility index (Phi) is 5.16. The molecule has 2 N–H and O–H groups in total. The number of benzene rings is 1. The molecule has 0 saturated carbocycles. The number of ether oxygens (including phenoxy) is 1. The van der Waals surface area contributed by atoms with Gasteiger partial charge >= 0.3 is 5.97 Å². The van der Waals surface area contributed by atoms with E-state index in [-0.39, 0.29) is 6.61 Å². The first kappa shape index (κ1) is 13.2. The monoisotopic (exact) mass is 237 g/mol. The van der Waals surface area contributed by atoms with E-state index >= 15 is 0 Å². The zero-order valence-corrected chi connectivity index (χ0v) is 9.55. The Morgan fingerprint density at radius 3 is 2.53 bits per heavy atom. The lowest BCUT2D eigenvalue weighted by Gasteiger charge is -2.14. The van der Waals surface area contributed by atoms with Crippen molar-refractivity contribution < 1.29 is 19.4 Å². The first-order chi connectivity index (χ1) is 8.15. The van der Waals surface area contributed by atoms with Crippen LogP contribution in [0, 0.1) is 0 Å². The van der Waals surface area contributed by atoms with Crippen LogP contribution in [-0.4, -0.2) is 30.2 Å². The van der Waals surface area contributed by atoms with Gasteiger partial charge < -0.3 is 15.2 Å². The maximum absolute atomic E-state index is 11.4. The maximum Gasteiger partial charge on any atom is 0.330 e. The molecule has 0 unspecified atom stereocenters. The van der Waals surface area contributed by atoms with Gasteiger partial charge in [-0.25, -0.2) is 4.79 Å². The molecule has 1 aromatic carbocycles. The third-order valence-corrected chi connectivity index (χ3v) is 2.12. The molecule has 0 aliphatic heterocycles. The summed E-state index contributed by atoms with van der Waals surface area (Å²) in [5.41, 5.74) is 0.532. The van der Waals surface area contributed by atoms with Crippen LogP contribution in [0.3, 0.4) is 0 Å². The molecule has 5 heteroatoms. The van der Waals surface area contributed by atoms with Crippen LogP contribution in [0.1, 0.15) is 18.5 Å². The molecule has 1 amide bonds. The van der Waals surface area contributed by atoms with Crippen molar-refractivity contribution in [1.82, 2.24) is 5.32 Å². The summed E-state index contributed by atoms with van der Waals surface area (Å²) in [5.74, 6) is -1.54. The van der Waals surface area contributed by atoms with Gasteiger partial charge in [0.25, 0.3) is 0 Å². The highest BCUT2D eigenvalue weighted by molar-refractivity contribution is 5.85. The SMILES string of the molecule is CCOCC(=O)N[C@H](C(=O)O)c1ccccc1. The van der Waals surface area contributed by atoms with Gasteiger partial charge in [-0.3, -0.25) is 4.79 Å². The molecule has 1 rings (SSSR count). The second-order valence-corrected chi connectivity index (χ2v) is 3.39. The molecule has 1 atom stereocenters. The van der Waals surface area contributed by atoms with E-state index in [0.717, 1.165) is 0 Å². The Morgan fingerprint density at radius 1 is 1.35 bits per heavy atom. The number of carboxylic acid groups (broad SMARTS) is 1. The van der Waals surface area contributed by atoms with Gasteiger partial charge in [0.15, 0.2) is 6.04 Å². The van der Waals surface area contributed by atoms with E-state index in [2.05, 4.69) is 5.32 Å². The Hall–Kier alpha value is -1.88. The van der Waals surface area contributed by atoms with Gasteiger partial charge in [0, 0.05) is 6.61 Å². The standard InChI is InChI=1S/C12H15NO4/c1-2-17-8-10(14)13-11(12(15)16)9-6-4-3-5-7-9/h3-7,11H,2,8H2,1H3,(H,13,14)(H,15,16)/t11-/m0/s1. The molecule has 92 valence electrons. The number of aliphatic carboxylic acids is 1. The molecule has 0 aromatic heterocycles. The van der Waals surface area contributed by atoms with Crippen LogP contribution < -0.4 is 5.32 Å². The summed E-state index contributed by atoms with van der Waals surface area (Å²) in [5, 5.41) is 11.4. The first-order valence-corrected chi connectivity index (χ1v) is 5.30. The highest BCUT2D eigenvalue weighted by Gasteiger charge is 2.21. The van der Waals surface area contributed by atoms with Crippen LogP contribution in [0.25, 0.3) is 0 Å². The Labute approximate surface area is 99.4 Å². The van der Waals surface area contributed by atoms with E-state index in [4.69, 9.17) is 9.84 Å². The normalized spacial score (nSPS) is 11.8. The molecule has 0 aliphatic carbocycles. The van der Waals surface area contributed by atoms with Gasteiger partial charge in [-0.1, -0.05) is 30.3 Å². The van der Waals surface area contributed by atoms with Crippen molar-refractivity contribution in [3.63, 3.8) is 0 Å². The van der Waals surface area contributed by atoms with Gasteiger partial charge in [-0.15, -0.1) is 0 Å². The van der Waals surface area contributed by atoms with E-state index in [1.165, 1.54) is 0 Å². The highest BCUT2D eigenvalue weighted by Crippen LogP contribution is 2.12. The van der Waals surface area contributed by atoms with Crippen LogP contribution in [0.5, 0.6) is 0 Å². The number of rotatable bonds is 6. The molecular formula is C12H15NO4. The van der Waals surface area contributed by atoms with Crippen molar-refractivity contribution >= 4 is 11.9 Å². The Balaban J connectivity index is 2.68. The van der Waals surface area contributed by atoms with Crippen LogP contribution in [-0.2, 0) is 14.3 Å². The van der Waals surface area contributed by atoms with Gasteiger partial charge in [-0.2, -0.15) is 0 Å². The molecule has 17 heavy (non-hydrogen) atoms. The minimum atomic E-state index is -1.10. The van der Waals surface area contributed by atoms with Crippen molar-refractivity contribution in [3.05, 3.63) is 35.9 Å². The predicted octanol–water partition coefficient (Wildman–Crippen LogP) is 0.965. The van der Waals surface area contributed by atoms with Crippen molar-refractivity contribution in [1.29, 1.82) is 0 Å². The summed E-state index contributed by atoms with van der Waals surface area (Å²) in [6.07, 6.45) is 0. The Morgan fingerprint density at radius 2 is 2.00 bits per heavy atom. The topological polar surface area (TPSA) is 75.6 Å². The zero-order valence-electron chi connectivity index (χ0n) is 9.55. The second-order valence-electron chi connectivity index (χ2n) is 3.39. The molecule has 0 bridgehead atoms. The predicted molar refractivity (Wildman–Crippen MR) is 61.5 cm³/mol. The van der Waals surface area contributed by atoms with Crippen molar-refractivity contribution in [2.75, 3.05) is 13.2 Å². The molecule has 0 heterocycles. The second kappa shape index (κ2) is 6.65. The number of hydrogen-bond acceptors (Lipinski definition) is 3. The van der Waals surface area contributed by atoms with Gasteiger partial charge in [0.1, 0.15) is 6.61 Å². The fraction of sp³-hybridized carbons (Fsp3) is 0.333. The third kappa shape index (κ3) is 4.24. The Bertz CT molecular complexity index is 377. The largest absolute Gasteiger partial charge is 0.479 e. The average Bonchev–Trinajstić information content (AvgIpc) is 2.34. The van der Waals surface area contributed by atoms with Crippen molar-refractivity contribution in [2.24, 2.45) is 0 Å². The number of carbonyl (C=O) groups excluding carboxylic acids is 1. The van der Waals surface area contributed by atoms with Crippen LogP contribution >= 0.6 is 0 Å². The van der Waals surface area contributed by atoms with Crippen molar-refractivity contribution in [2.45, 2.75) is 13.0 Å². The summed E-state index contributed by atoms with van der Waals surface area (Å²) in [6.45, 7) is 2.04. The molecule has 0 saturated heterocycles. The molecule has 0 aliphatic rings. The summed E-state index contributed by atoms with van der Waals surface area (Å²) in [7, 11) is 0. The van der Waals surface area contributed by atoms with E-state index in [9.17, 15) is 9.59 Å². The number of carboxylic acids is 1. The van der Waals surface area contributed by atoms with Gasteiger partial charge in [0.2, 0.25) is 5.91 Å². The third-order valence-electron chi connectivity index (χ3n) is 2.12. The van der Waals surface area contributed by atoms with Crippen LogP contribution in [0.2, 0.25) is 0 Å². The van der Waals surface area contributed by atoms with Crippen molar-refractivity contribution in [3.8, 4) is 0 Å². The highest BCUT2D eigenvalue weighted by atomic mass is 16.5. The van der Waals surface area contributed by atoms with E-state index in [0.29, 0.717) is 12.2 Å². The molecule has 0 spiro atoms. The quantitative estimate of drug-likeness (QED) is 0.772. The summed E-state index contributed by atoms with van der Waals surface area (Å²) in [6, 6.07) is 7.49. The number of nitrogens with one attached hydrogen (secondary N) is 1. The lowest BCUT2D eigenvalue weighted by molar-refractivity contribution is -0.142. The fourth-order valence-corrected chi connectivity index (χ4v) is 1.33. The number of hydrogen-bond donors (Lipinski definition) is 2. The van der Waals surface area contributed by atoms with Gasteiger partial charge in [0.05, 0.1) is 0 Å². The fourth-order valence-electron chi connectivity index (χ4n) is 1.33.